The topological polar surface area (TPSA) is 119 Å². The van der Waals surface area contributed by atoms with E-state index < -0.39 is 11.9 Å². The number of benzene rings is 2. The number of nitrogens with two attached hydrogens (primary N) is 1. The molecule has 1 aliphatic carbocycles. The maximum absolute atomic E-state index is 14.4. The molecule has 7 rings (SSSR count). The summed E-state index contributed by atoms with van der Waals surface area (Å²) in [6.45, 7) is 4.03. The summed E-state index contributed by atoms with van der Waals surface area (Å²) >= 11 is 0. The largest absolute Gasteiger partial charge is 0.381 e. The molecule has 2 aliphatic rings. The smallest absolute Gasteiger partial charge is 0.263 e. The molecule has 4 N–H and O–H groups in total. The minimum Gasteiger partial charge on any atom is -0.381 e. The number of carbonyl (C=O) groups is 1. The van der Waals surface area contributed by atoms with Crippen LogP contribution >= 0.6 is 0 Å². The molecule has 1 saturated carbocycles. The second-order valence-corrected chi connectivity index (χ2v) is 11.6. The van der Waals surface area contributed by atoms with E-state index in [1.807, 2.05) is 49.4 Å². The highest BCUT2D eigenvalue weighted by molar-refractivity contribution is 6.04. The van der Waals surface area contributed by atoms with Gasteiger partial charge in [0.25, 0.3) is 11.5 Å². The zero-order chi connectivity index (χ0) is 28.1. The molecule has 0 bridgehead atoms. The second kappa shape index (κ2) is 9.85. The maximum atomic E-state index is 14.4. The Kier molecular flexibility index (Phi) is 6.12. The van der Waals surface area contributed by atoms with E-state index >= 15 is 0 Å². The van der Waals surface area contributed by atoms with Crippen LogP contribution in [0.3, 0.4) is 0 Å². The number of hydrogen-bond donors (Lipinski definition) is 3. The molecule has 1 atom stereocenters. The van der Waals surface area contributed by atoms with Crippen LogP contribution in [0.1, 0.15) is 66.2 Å². The monoisotopic (exact) mass is 547 g/mol. The maximum Gasteiger partial charge on any atom is 0.263 e. The van der Waals surface area contributed by atoms with Crippen molar-refractivity contribution in [3.05, 3.63) is 100 Å². The Morgan fingerprint density at radius 3 is 2.66 bits per heavy atom. The number of aromatic nitrogens is 4. The Balaban J connectivity index is 1.30. The zero-order valence-electron chi connectivity index (χ0n) is 23.0. The number of para-hydroxylation sites is 1. The van der Waals surface area contributed by atoms with Crippen LogP contribution in [0.25, 0.3) is 22.1 Å². The molecular weight excluding hydrogens is 514 g/mol. The Morgan fingerprint density at radius 1 is 1.10 bits per heavy atom. The standard InChI is InChI=1S/C32H33N7O2/c1-20(36-30(40)27-28(33)37-38-16-6-13-35-29(27)38)25-17-21-7-5-10-24(22-18-32(19-22)11-14-34-15-12-32)26(21)31(41)39(25)23-8-3-2-4-9-23/h2-10,13,16-17,20,22,34H,11-12,14-15,18-19H2,1H3,(H2,33,37)(H,36,40)/t20-/m0/s1. The molecule has 0 unspecified atom stereocenters. The number of hydrogen-bond acceptors (Lipinski definition) is 6. The first-order chi connectivity index (χ1) is 19.9. The number of carbonyl (C=O) groups excluding carboxylic acids is 1. The second-order valence-electron chi connectivity index (χ2n) is 11.6. The molecule has 1 amide bonds. The van der Waals surface area contributed by atoms with Crippen molar-refractivity contribution < 1.29 is 4.79 Å². The van der Waals surface area contributed by atoms with Crippen LogP contribution in [0.15, 0.2) is 77.9 Å². The molecule has 1 spiro atoms. The van der Waals surface area contributed by atoms with Gasteiger partial charge in [-0.05, 0) is 92.2 Å². The summed E-state index contributed by atoms with van der Waals surface area (Å²) in [5.74, 6) is 0.0816. The first-order valence-corrected chi connectivity index (χ1v) is 14.3. The van der Waals surface area contributed by atoms with Crippen molar-refractivity contribution in [2.45, 2.75) is 44.6 Å². The van der Waals surface area contributed by atoms with Crippen LogP contribution in [-0.2, 0) is 0 Å². The van der Waals surface area contributed by atoms with E-state index in [4.69, 9.17) is 5.73 Å². The van der Waals surface area contributed by atoms with E-state index in [-0.39, 0.29) is 16.9 Å². The summed E-state index contributed by atoms with van der Waals surface area (Å²) in [4.78, 5) is 32.2. The van der Waals surface area contributed by atoms with Gasteiger partial charge in [0.1, 0.15) is 5.56 Å². The average Bonchev–Trinajstić information content (AvgIpc) is 3.32. The molecule has 208 valence electrons. The van der Waals surface area contributed by atoms with Crippen molar-refractivity contribution in [2.75, 3.05) is 18.8 Å². The van der Waals surface area contributed by atoms with Crippen LogP contribution in [-0.4, -0.2) is 38.2 Å². The van der Waals surface area contributed by atoms with Crippen molar-refractivity contribution >= 4 is 28.1 Å². The van der Waals surface area contributed by atoms with Gasteiger partial charge in [-0.3, -0.25) is 14.2 Å². The molecule has 5 aromatic rings. The SMILES string of the molecule is C[C@H](NC(=O)c1c(N)nn2cccnc12)c1cc2cccc(C3CC4(CCNCC4)C3)c2c(=O)n1-c1ccccc1. The number of piperidine rings is 1. The van der Waals surface area contributed by atoms with Gasteiger partial charge in [0, 0.05) is 23.8 Å². The molecule has 2 aromatic carbocycles. The highest BCUT2D eigenvalue weighted by atomic mass is 16.2. The highest BCUT2D eigenvalue weighted by Gasteiger charge is 2.45. The van der Waals surface area contributed by atoms with Crippen LogP contribution in [0.2, 0.25) is 0 Å². The Hall–Kier alpha value is -4.50. The van der Waals surface area contributed by atoms with E-state index in [0.717, 1.165) is 48.0 Å². The first kappa shape index (κ1) is 25.5. The molecule has 4 heterocycles. The molecule has 0 radical (unpaired) electrons. The van der Waals surface area contributed by atoms with Gasteiger partial charge in [-0.25, -0.2) is 9.50 Å². The number of fused-ring (bicyclic) bond motifs is 2. The molecule has 1 aliphatic heterocycles. The van der Waals surface area contributed by atoms with Crippen molar-refractivity contribution in [3.63, 3.8) is 0 Å². The quantitative estimate of drug-likeness (QED) is 0.301. The van der Waals surface area contributed by atoms with Crippen LogP contribution < -0.4 is 21.9 Å². The number of nitrogens with zero attached hydrogens (tertiary/aromatic N) is 4. The normalized spacial score (nSPS) is 17.5. The van der Waals surface area contributed by atoms with Gasteiger partial charge < -0.3 is 16.4 Å². The Morgan fingerprint density at radius 2 is 1.88 bits per heavy atom. The van der Waals surface area contributed by atoms with Crippen molar-refractivity contribution in [3.8, 4) is 5.69 Å². The van der Waals surface area contributed by atoms with E-state index in [2.05, 4.69) is 32.8 Å². The summed E-state index contributed by atoms with van der Waals surface area (Å²) in [6, 6.07) is 19.0. The molecule has 1 saturated heterocycles. The van der Waals surface area contributed by atoms with E-state index in [1.54, 1.807) is 23.0 Å². The van der Waals surface area contributed by atoms with Crippen LogP contribution in [0.5, 0.6) is 0 Å². The molecule has 3 aromatic heterocycles. The predicted molar refractivity (Wildman–Crippen MR) is 159 cm³/mol. The Bertz CT molecular complexity index is 1830. The third-order valence-corrected chi connectivity index (χ3v) is 9.03. The summed E-state index contributed by atoms with van der Waals surface area (Å²) in [7, 11) is 0. The third-order valence-electron chi connectivity index (χ3n) is 9.03. The van der Waals surface area contributed by atoms with E-state index in [1.165, 1.54) is 17.4 Å². The van der Waals surface area contributed by atoms with Gasteiger partial charge in [-0.15, -0.1) is 5.10 Å². The van der Waals surface area contributed by atoms with Crippen molar-refractivity contribution in [1.29, 1.82) is 0 Å². The molecule has 9 nitrogen and oxygen atoms in total. The Labute approximate surface area is 237 Å². The predicted octanol–water partition coefficient (Wildman–Crippen LogP) is 4.35. The molecule has 2 fully saturated rings. The fourth-order valence-corrected chi connectivity index (χ4v) is 6.95. The van der Waals surface area contributed by atoms with Gasteiger partial charge in [0.2, 0.25) is 0 Å². The highest BCUT2D eigenvalue weighted by Crippen LogP contribution is 2.56. The van der Waals surface area contributed by atoms with Crippen molar-refractivity contribution in [1.82, 2.24) is 29.8 Å². The first-order valence-electron chi connectivity index (χ1n) is 14.3. The lowest BCUT2D eigenvalue weighted by Crippen LogP contribution is -2.44. The summed E-state index contributed by atoms with van der Waals surface area (Å²) in [6.07, 6.45) is 7.96. The lowest BCUT2D eigenvalue weighted by atomic mass is 9.56. The number of amides is 1. The van der Waals surface area contributed by atoms with Gasteiger partial charge in [0.05, 0.1) is 11.4 Å². The van der Waals surface area contributed by atoms with Crippen LogP contribution in [0.4, 0.5) is 5.82 Å². The molecule has 9 heteroatoms. The minimum absolute atomic E-state index is 0.0659. The zero-order valence-corrected chi connectivity index (χ0v) is 23.0. The van der Waals surface area contributed by atoms with Gasteiger partial charge in [-0.2, -0.15) is 0 Å². The summed E-state index contributed by atoms with van der Waals surface area (Å²) < 4.78 is 3.23. The van der Waals surface area contributed by atoms with Gasteiger partial charge >= 0.3 is 0 Å². The summed E-state index contributed by atoms with van der Waals surface area (Å²) in [5.41, 5.74) is 9.62. The molecule has 41 heavy (non-hydrogen) atoms. The van der Waals surface area contributed by atoms with Crippen molar-refractivity contribution in [2.24, 2.45) is 5.41 Å². The van der Waals surface area contributed by atoms with E-state index in [0.29, 0.717) is 22.7 Å². The number of anilines is 1. The fourth-order valence-electron chi connectivity index (χ4n) is 6.95. The lowest BCUT2D eigenvalue weighted by molar-refractivity contribution is 0.0609. The van der Waals surface area contributed by atoms with E-state index in [9.17, 15) is 9.59 Å². The van der Waals surface area contributed by atoms with Gasteiger partial charge in [0.15, 0.2) is 11.5 Å². The average molecular weight is 548 g/mol. The van der Waals surface area contributed by atoms with Crippen LogP contribution in [0, 0.1) is 5.41 Å². The molecular formula is C32H33N7O2. The number of rotatable bonds is 5. The third kappa shape index (κ3) is 4.28. The fraction of sp³-hybridized carbons (Fsp3) is 0.312. The summed E-state index contributed by atoms with van der Waals surface area (Å²) in [5, 5.41) is 12.4. The number of nitrogens with one attached hydrogen (secondary N) is 2. The lowest BCUT2D eigenvalue weighted by Gasteiger charge is -2.51. The number of pyridine rings is 1. The van der Waals surface area contributed by atoms with Gasteiger partial charge in [-0.1, -0.05) is 36.4 Å². The number of nitrogen functional groups attached to an aromatic ring is 1. The minimum atomic E-state index is -0.511.